The topological polar surface area (TPSA) is 26.7 Å². The number of nitrogens with zero attached hydrogens (tertiary/aromatic N) is 2. The van der Waals surface area contributed by atoms with Crippen LogP contribution >= 0.6 is 0 Å². The van der Waals surface area contributed by atoms with Crippen molar-refractivity contribution >= 4 is 0 Å². The molecule has 3 nitrogen and oxygen atoms in total. The van der Waals surface area contributed by atoms with Gasteiger partial charge >= 0.3 is 0 Å². The largest absolute Gasteiger partial charge is 0.389 e. The molecule has 1 aliphatic heterocycles. The van der Waals surface area contributed by atoms with E-state index in [-0.39, 0.29) is 5.60 Å². The summed E-state index contributed by atoms with van der Waals surface area (Å²) in [6.45, 7) is 5.89. The first-order valence-electron chi connectivity index (χ1n) is 9.82. The molecule has 1 heterocycles. The molecule has 2 saturated carbocycles. The molecule has 0 aromatic rings. The Morgan fingerprint density at radius 3 is 2.23 bits per heavy atom. The second kappa shape index (κ2) is 7.63. The van der Waals surface area contributed by atoms with Gasteiger partial charge in [-0.3, -0.25) is 0 Å². The Hall–Kier alpha value is -0.120. The van der Waals surface area contributed by atoms with Crippen LogP contribution in [-0.4, -0.2) is 60.3 Å². The SMILES string of the molecule is CN1CCN(CC2CCCCCCC2(O)C2CCCC2)CC1. The summed E-state index contributed by atoms with van der Waals surface area (Å²) in [6.07, 6.45) is 12.8. The predicted molar refractivity (Wildman–Crippen MR) is 92.0 cm³/mol. The molecule has 128 valence electrons. The normalized spacial score (nSPS) is 37.1. The Kier molecular flexibility index (Phi) is 5.80. The van der Waals surface area contributed by atoms with Crippen LogP contribution in [0.3, 0.4) is 0 Å². The number of likely N-dealkylation sites (N-methyl/N-ethyl adjacent to an activating group) is 1. The summed E-state index contributed by atoms with van der Waals surface area (Å²) >= 11 is 0. The van der Waals surface area contributed by atoms with Gasteiger partial charge in [0.15, 0.2) is 0 Å². The molecule has 0 radical (unpaired) electrons. The van der Waals surface area contributed by atoms with Gasteiger partial charge in [0.05, 0.1) is 5.60 Å². The van der Waals surface area contributed by atoms with Crippen molar-refractivity contribution in [3.63, 3.8) is 0 Å². The van der Waals surface area contributed by atoms with E-state index in [4.69, 9.17) is 0 Å². The molecule has 1 N–H and O–H groups in total. The molecule has 22 heavy (non-hydrogen) atoms. The lowest BCUT2D eigenvalue weighted by Gasteiger charge is -2.45. The Labute approximate surface area is 137 Å². The fourth-order valence-corrected chi connectivity index (χ4v) is 5.16. The minimum absolute atomic E-state index is 0.361. The van der Waals surface area contributed by atoms with Crippen molar-refractivity contribution in [2.24, 2.45) is 11.8 Å². The van der Waals surface area contributed by atoms with Crippen LogP contribution in [0.5, 0.6) is 0 Å². The van der Waals surface area contributed by atoms with Crippen LogP contribution in [0, 0.1) is 11.8 Å². The minimum atomic E-state index is -0.361. The first kappa shape index (κ1) is 16.7. The molecule has 1 saturated heterocycles. The molecule has 0 spiro atoms. The highest BCUT2D eigenvalue weighted by Crippen LogP contribution is 2.44. The van der Waals surface area contributed by atoms with Gasteiger partial charge in [0, 0.05) is 38.6 Å². The van der Waals surface area contributed by atoms with Gasteiger partial charge in [-0.1, -0.05) is 38.5 Å². The molecule has 0 amide bonds. The third-order valence-electron chi connectivity index (χ3n) is 6.72. The maximum absolute atomic E-state index is 11.7. The maximum atomic E-state index is 11.7. The maximum Gasteiger partial charge on any atom is 0.0716 e. The molecule has 2 unspecified atom stereocenters. The molecule has 2 atom stereocenters. The molecule has 2 aliphatic carbocycles. The molecule has 0 aromatic heterocycles. The van der Waals surface area contributed by atoms with E-state index in [1.54, 1.807) is 0 Å². The summed E-state index contributed by atoms with van der Waals surface area (Å²) in [5.74, 6) is 1.10. The average Bonchev–Trinajstić information content (AvgIpc) is 3.04. The smallest absolute Gasteiger partial charge is 0.0716 e. The molecule has 3 heteroatoms. The lowest BCUT2D eigenvalue weighted by atomic mass is 9.69. The van der Waals surface area contributed by atoms with Gasteiger partial charge in [-0.05, 0) is 38.6 Å². The van der Waals surface area contributed by atoms with Crippen molar-refractivity contribution in [1.82, 2.24) is 9.80 Å². The van der Waals surface area contributed by atoms with Crippen molar-refractivity contribution in [2.75, 3.05) is 39.8 Å². The van der Waals surface area contributed by atoms with E-state index in [0.717, 1.165) is 13.0 Å². The van der Waals surface area contributed by atoms with Gasteiger partial charge in [-0.15, -0.1) is 0 Å². The molecule has 0 bridgehead atoms. The number of aliphatic hydroxyl groups is 1. The first-order valence-corrected chi connectivity index (χ1v) is 9.82. The summed E-state index contributed by atoms with van der Waals surface area (Å²) in [5.41, 5.74) is -0.361. The van der Waals surface area contributed by atoms with E-state index in [0.29, 0.717) is 11.8 Å². The highest BCUT2D eigenvalue weighted by molar-refractivity contribution is 4.96. The summed E-state index contributed by atoms with van der Waals surface area (Å²) in [7, 11) is 2.22. The van der Waals surface area contributed by atoms with Crippen LogP contribution in [0.25, 0.3) is 0 Å². The van der Waals surface area contributed by atoms with Crippen LogP contribution in [0.15, 0.2) is 0 Å². The number of piperazine rings is 1. The molecule has 3 fully saturated rings. The van der Waals surface area contributed by atoms with Crippen LogP contribution in [0.2, 0.25) is 0 Å². The van der Waals surface area contributed by atoms with E-state index in [2.05, 4.69) is 16.8 Å². The van der Waals surface area contributed by atoms with Crippen molar-refractivity contribution in [1.29, 1.82) is 0 Å². The standard InChI is InChI=1S/C19H36N2O/c1-20-12-14-21(15-13-20)16-18-10-4-2-3-7-11-19(18,22)17-8-5-6-9-17/h17-18,22H,2-16H2,1H3. The van der Waals surface area contributed by atoms with E-state index < -0.39 is 0 Å². The Morgan fingerprint density at radius 1 is 0.864 bits per heavy atom. The van der Waals surface area contributed by atoms with Gasteiger partial charge in [0.2, 0.25) is 0 Å². The fraction of sp³-hybridized carbons (Fsp3) is 1.00. The molecule has 3 aliphatic rings. The van der Waals surface area contributed by atoms with E-state index in [9.17, 15) is 5.11 Å². The Balaban J connectivity index is 1.68. The highest BCUT2D eigenvalue weighted by atomic mass is 16.3. The van der Waals surface area contributed by atoms with Gasteiger partial charge in [-0.25, -0.2) is 0 Å². The van der Waals surface area contributed by atoms with Gasteiger partial charge < -0.3 is 14.9 Å². The Bertz CT molecular complexity index is 334. The number of hydrogen-bond donors (Lipinski definition) is 1. The zero-order valence-corrected chi connectivity index (χ0v) is 14.6. The molecular weight excluding hydrogens is 272 g/mol. The van der Waals surface area contributed by atoms with Gasteiger partial charge in [0.25, 0.3) is 0 Å². The lowest BCUT2D eigenvalue weighted by molar-refractivity contribution is -0.0934. The third-order valence-corrected chi connectivity index (χ3v) is 6.72. The molecule has 0 aromatic carbocycles. The summed E-state index contributed by atoms with van der Waals surface area (Å²) in [6, 6.07) is 0. The second-order valence-corrected chi connectivity index (χ2v) is 8.23. The summed E-state index contributed by atoms with van der Waals surface area (Å²) in [4.78, 5) is 5.06. The van der Waals surface area contributed by atoms with E-state index >= 15 is 0 Å². The quantitative estimate of drug-likeness (QED) is 0.868. The van der Waals surface area contributed by atoms with Gasteiger partial charge in [-0.2, -0.15) is 0 Å². The van der Waals surface area contributed by atoms with Gasteiger partial charge in [0.1, 0.15) is 0 Å². The number of hydrogen-bond acceptors (Lipinski definition) is 3. The molecule has 3 rings (SSSR count). The van der Waals surface area contributed by atoms with Crippen LogP contribution < -0.4 is 0 Å². The van der Waals surface area contributed by atoms with Crippen LogP contribution in [0.1, 0.15) is 64.2 Å². The van der Waals surface area contributed by atoms with Crippen LogP contribution in [0.4, 0.5) is 0 Å². The van der Waals surface area contributed by atoms with Crippen molar-refractivity contribution in [3.05, 3.63) is 0 Å². The monoisotopic (exact) mass is 308 g/mol. The predicted octanol–water partition coefficient (Wildman–Crippen LogP) is 3.13. The molecular formula is C19H36N2O. The van der Waals surface area contributed by atoms with Crippen molar-refractivity contribution in [2.45, 2.75) is 69.8 Å². The lowest BCUT2D eigenvalue weighted by Crippen LogP contribution is -2.52. The highest BCUT2D eigenvalue weighted by Gasteiger charge is 2.44. The minimum Gasteiger partial charge on any atom is -0.389 e. The zero-order chi connectivity index (χ0) is 15.4. The average molecular weight is 309 g/mol. The Morgan fingerprint density at radius 2 is 1.50 bits per heavy atom. The fourth-order valence-electron chi connectivity index (χ4n) is 5.16. The third kappa shape index (κ3) is 3.85. The van der Waals surface area contributed by atoms with Crippen molar-refractivity contribution < 1.29 is 5.11 Å². The van der Waals surface area contributed by atoms with E-state index in [1.165, 1.54) is 84.0 Å². The zero-order valence-electron chi connectivity index (χ0n) is 14.6. The van der Waals surface area contributed by atoms with Crippen LogP contribution in [-0.2, 0) is 0 Å². The number of rotatable bonds is 3. The van der Waals surface area contributed by atoms with E-state index in [1.807, 2.05) is 0 Å². The summed E-state index contributed by atoms with van der Waals surface area (Å²) < 4.78 is 0. The second-order valence-electron chi connectivity index (χ2n) is 8.23. The summed E-state index contributed by atoms with van der Waals surface area (Å²) in [5, 5.41) is 11.7. The van der Waals surface area contributed by atoms with Crippen molar-refractivity contribution in [3.8, 4) is 0 Å². The first-order chi connectivity index (χ1) is 10.7.